The van der Waals surface area contributed by atoms with E-state index >= 15 is 0 Å². The van der Waals surface area contributed by atoms with Crippen LogP contribution in [0.15, 0.2) is 18.2 Å². The maximum atomic E-state index is 6.50. The second kappa shape index (κ2) is 8.25. The van der Waals surface area contributed by atoms with Gasteiger partial charge in [0.2, 0.25) is 5.88 Å². The monoisotopic (exact) mass is 423 g/mol. The van der Waals surface area contributed by atoms with E-state index in [-0.39, 0.29) is 0 Å². The van der Waals surface area contributed by atoms with Gasteiger partial charge < -0.3 is 9.47 Å². The smallest absolute Gasteiger partial charge is 0.231 e. The minimum atomic E-state index is 0.726. The molecule has 0 N–H and O–H groups in total. The van der Waals surface area contributed by atoms with Crippen molar-refractivity contribution < 1.29 is 9.47 Å². The first-order valence-electron chi connectivity index (χ1n) is 10.9. The predicted octanol–water partition coefficient (Wildman–Crippen LogP) is 5.06. The number of morpholine rings is 1. The van der Waals surface area contributed by atoms with Crippen LogP contribution in [0.25, 0.3) is 10.2 Å². The first-order chi connectivity index (χ1) is 14.6. The normalized spacial score (nSPS) is 19.8. The summed E-state index contributed by atoms with van der Waals surface area (Å²) < 4.78 is 12.0. The second-order valence-electron chi connectivity index (χ2n) is 8.74. The van der Waals surface area contributed by atoms with Gasteiger partial charge in [0.1, 0.15) is 16.4 Å². The van der Waals surface area contributed by atoms with Crippen LogP contribution in [0.5, 0.6) is 11.6 Å². The van der Waals surface area contributed by atoms with Crippen LogP contribution >= 0.6 is 11.3 Å². The molecule has 6 heteroatoms. The number of aryl methyl sites for hydroxylation is 3. The van der Waals surface area contributed by atoms with E-state index in [1.54, 1.807) is 0 Å². The fourth-order valence-electron chi connectivity index (χ4n) is 4.38. The maximum absolute atomic E-state index is 6.50. The third-order valence-electron chi connectivity index (χ3n) is 6.19. The van der Waals surface area contributed by atoms with Crippen LogP contribution in [-0.2, 0) is 24.1 Å². The molecule has 1 aromatic carbocycles. The average Bonchev–Trinajstić information content (AvgIpc) is 3.09. The van der Waals surface area contributed by atoms with Gasteiger partial charge >= 0.3 is 0 Å². The number of thiophene rings is 1. The van der Waals surface area contributed by atoms with Crippen molar-refractivity contribution in [2.45, 2.75) is 46.6 Å². The van der Waals surface area contributed by atoms with Gasteiger partial charge in [-0.1, -0.05) is 19.1 Å². The van der Waals surface area contributed by atoms with Gasteiger partial charge in [0.25, 0.3) is 0 Å². The van der Waals surface area contributed by atoms with Gasteiger partial charge in [-0.15, -0.1) is 11.3 Å². The zero-order valence-corrected chi connectivity index (χ0v) is 18.8. The van der Waals surface area contributed by atoms with E-state index in [0.717, 1.165) is 84.8 Å². The van der Waals surface area contributed by atoms with E-state index in [4.69, 9.17) is 19.4 Å². The Labute approximate surface area is 182 Å². The Balaban J connectivity index is 1.58. The summed E-state index contributed by atoms with van der Waals surface area (Å²) in [5, 5.41) is 1.13. The third kappa shape index (κ3) is 3.96. The molecule has 1 aliphatic heterocycles. The van der Waals surface area contributed by atoms with E-state index in [9.17, 15) is 0 Å². The lowest BCUT2D eigenvalue weighted by atomic mass is 9.89. The zero-order valence-electron chi connectivity index (χ0n) is 18.0. The summed E-state index contributed by atoms with van der Waals surface area (Å²) in [6.07, 6.45) is 3.45. The lowest BCUT2D eigenvalue weighted by Gasteiger charge is -2.25. The van der Waals surface area contributed by atoms with Gasteiger partial charge in [-0.2, -0.15) is 4.98 Å². The molecule has 30 heavy (non-hydrogen) atoms. The Kier molecular flexibility index (Phi) is 5.48. The fourth-order valence-corrected chi connectivity index (χ4v) is 5.77. The summed E-state index contributed by atoms with van der Waals surface area (Å²) in [6, 6.07) is 6.34. The second-order valence-corrected chi connectivity index (χ2v) is 9.82. The van der Waals surface area contributed by atoms with Crippen molar-refractivity contribution in [1.29, 1.82) is 0 Å². The topological polar surface area (TPSA) is 47.5 Å². The fraction of sp³-hybridized carbons (Fsp3) is 0.500. The molecule has 5 rings (SSSR count). The van der Waals surface area contributed by atoms with Crippen molar-refractivity contribution >= 4 is 21.6 Å². The van der Waals surface area contributed by atoms with Crippen molar-refractivity contribution in [1.82, 2.24) is 14.9 Å². The number of benzene rings is 1. The van der Waals surface area contributed by atoms with Crippen LogP contribution in [0.4, 0.5) is 0 Å². The zero-order chi connectivity index (χ0) is 20.7. The number of fused-ring (bicyclic) bond motifs is 3. The molecule has 2 aromatic heterocycles. The molecule has 158 valence electrons. The quantitative estimate of drug-likeness (QED) is 0.587. The van der Waals surface area contributed by atoms with Gasteiger partial charge in [0.05, 0.1) is 25.1 Å². The summed E-state index contributed by atoms with van der Waals surface area (Å²) in [4.78, 5) is 14.8. The molecule has 3 aromatic rings. The number of hydrogen-bond donors (Lipinski definition) is 0. The van der Waals surface area contributed by atoms with E-state index in [1.807, 2.05) is 11.3 Å². The molecule has 1 atom stereocenters. The van der Waals surface area contributed by atoms with Crippen molar-refractivity contribution in [3.63, 3.8) is 0 Å². The summed E-state index contributed by atoms with van der Waals surface area (Å²) in [6.45, 7) is 10.7. The van der Waals surface area contributed by atoms with Crippen LogP contribution in [0, 0.1) is 19.8 Å². The largest absolute Gasteiger partial charge is 0.438 e. The lowest BCUT2D eigenvalue weighted by Crippen LogP contribution is -2.36. The molecule has 5 nitrogen and oxygen atoms in total. The standard InChI is InChI=1S/C24H29N3O2S/c1-15-4-6-17(3)19(12-15)29-23-22-18-7-5-16(2)13-20(18)30-24(22)26-21(25-23)14-27-8-10-28-11-9-27/h4,6,12,16H,5,7-11,13-14H2,1-3H3. The minimum Gasteiger partial charge on any atom is -0.438 e. The highest BCUT2D eigenvalue weighted by molar-refractivity contribution is 7.18. The highest BCUT2D eigenvalue weighted by Crippen LogP contribution is 2.42. The Morgan fingerprint density at radius 3 is 2.87 bits per heavy atom. The van der Waals surface area contributed by atoms with Gasteiger partial charge in [-0.3, -0.25) is 4.90 Å². The third-order valence-corrected chi connectivity index (χ3v) is 7.34. The van der Waals surface area contributed by atoms with Crippen LogP contribution in [0.1, 0.15) is 40.7 Å². The van der Waals surface area contributed by atoms with Crippen molar-refractivity contribution in [2.75, 3.05) is 26.3 Å². The van der Waals surface area contributed by atoms with Gasteiger partial charge in [-0.05, 0) is 61.8 Å². The minimum absolute atomic E-state index is 0.726. The molecule has 0 amide bonds. The van der Waals surface area contributed by atoms with Crippen LogP contribution in [0.2, 0.25) is 0 Å². The molecule has 0 bridgehead atoms. The average molecular weight is 424 g/mol. The maximum Gasteiger partial charge on any atom is 0.231 e. The first-order valence-corrected chi connectivity index (χ1v) is 11.7. The Bertz CT molecular complexity index is 1070. The molecule has 3 heterocycles. The van der Waals surface area contributed by atoms with E-state index in [2.05, 4.69) is 43.9 Å². The van der Waals surface area contributed by atoms with Crippen LogP contribution < -0.4 is 4.74 Å². The Hall–Kier alpha value is -2.02. The van der Waals surface area contributed by atoms with E-state index < -0.39 is 0 Å². The molecule has 1 fully saturated rings. The van der Waals surface area contributed by atoms with E-state index in [1.165, 1.54) is 22.4 Å². The highest BCUT2D eigenvalue weighted by atomic mass is 32.1. The van der Waals surface area contributed by atoms with Gasteiger partial charge in [0, 0.05) is 18.0 Å². The highest BCUT2D eigenvalue weighted by Gasteiger charge is 2.25. The van der Waals surface area contributed by atoms with Gasteiger partial charge in [-0.25, -0.2) is 4.98 Å². The molecule has 1 aliphatic carbocycles. The number of hydrogen-bond acceptors (Lipinski definition) is 6. The molecular formula is C24H29N3O2S. The van der Waals surface area contributed by atoms with Crippen molar-refractivity contribution in [3.8, 4) is 11.6 Å². The number of rotatable bonds is 4. The Morgan fingerprint density at radius 2 is 2.03 bits per heavy atom. The van der Waals surface area contributed by atoms with Gasteiger partial charge in [0.15, 0.2) is 0 Å². The molecule has 0 radical (unpaired) electrons. The lowest BCUT2D eigenvalue weighted by molar-refractivity contribution is 0.0330. The predicted molar refractivity (Wildman–Crippen MR) is 121 cm³/mol. The molecular weight excluding hydrogens is 394 g/mol. The number of aromatic nitrogens is 2. The number of nitrogens with zero attached hydrogens (tertiary/aromatic N) is 3. The SMILES string of the molecule is Cc1ccc(C)c(Oc2nc(CN3CCOCC3)nc3sc4c(c23)CCC(C)C4)c1. The Morgan fingerprint density at radius 1 is 1.20 bits per heavy atom. The number of ether oxygens (including phenoxy) is 2. The van der Waals surface area contributed by atoms with Crippen molar-refractivity contribution in [2.24, 2.45) is 5.92 Å². The molecule has 2 aliphatic rings. The summed E-state index contributed by atoms with van der Waals surface area (Å²) in [5.74, 6) is 3.19. The van der Waals surface area contributed by atoms with Crippen LogP contribution in [0.3, 0.4) is 0 Å². The van der Waals surface area contributed by atoms with Crippen LogP contribution in [-0.4, -0.2) is 41.2 Å². The molecule has 0 saturated carbocycles. The van der Waals surface area contributed by atoms with E-state index in [0.29, 0.717) is 0 Å². The molecule has 0 spiro atoms. The molecule has 1 saturated heterocycles. The summed E-state index contributed by atoms with van der Waals surface area (Å²) >= 11 is 1.84. The molecule has 1 unspecified atom stereocenters. The summed E-state index contributed by atoms with van der Waals surface area (Å²) in [5.41, 5.74) is 3.72. The summed E-state index contributed by atoms with van der Waals surface area (Å²) in [7, 11) is 0. The van der Waals surface area contributed by atoms with Crippen molar-refractivity contribution in [3.05, 3.63) is 45.6 Å². The first kappa shape index (κ1) is 19.9.